The summed E-state index contributed by atoms with van der Waals surface area (Å²) >= 11 is 0. The van der Waals surface area contributed by atoms with Gasteiger partial charge in [-0.2, -0.15) is 0 Å². The number of hydrogen-bond acceptors (Lipinski definition) is 5. The van der Waals surface area contributed by atoms with Crippen LogP contribution in [0.2, 0.25) is 0 Å². The van der Waals surface area contributed by atoms with Crippen molar-refractivity contribution in [2.45, 2.75) is 6.42 Å². The van der Waals surface area contributed by atoms with Crippen LogP contribution < -0.4 is 11.1 Å². The largest absolute Gasteiger partial charge is 0.508 e. The zero-order valence-electron chi connectivity index (χ0n) is 11.5. The van der Waals surface area contributed by atoms with Crippen molar-refractivity contribution >= 4 is 11.6 Å². The molecule has 0 radical (unpaired) electrons. The molecule has 2 rings (SSSR count). The number of ether oxygens (including phenoxy) is 1. The summed E-state index contributed by atoms with van der Waals surface area (Å²) in [5.74, 6) is -0.210. The van der Waals surface area contributed by atoms with Crippen molar-refractivity contribution in [2.24, 2.45) is 0 Å². The molecule has 0 aromatic heterocycles. The highest BCUT2D eigenvalue weighted by Gasteiger charge is 2.12. The number of aromatic hydroxyl groups is 1. The number of nitrogens with one attached hydrogen (secondary N) is 1. The number of nitrogen functional groups attached to an aromatic ring is 1. The van der Waals surface area contributed by atoms with Crippen molar-refractivity contribution in [1.29, 1.82) is 0 Å². The number of hydrogen-bond donors (Lipinski definition) is 3. The SMILES string of the molecule is Nc1ccc(O)cc1C(=O)NCCCN1CCOCC1. The predicted octanol–water partition coefficient (Wildman–Crippen LogP) is 0.426. The van der Waals surface area contributed by atoms with E-state index in [1.165, 1.54) is 18.2 Å². The molecule has 6 heteroatoms. The highest BCUT2D eigenvalue weighted by atomic mass is 16.5. The normalized spacial score (nSPS) is 16.0. The summed E-state index contributed by atoms with van der Waals surface area (Å²) in [6.07, 6.45) is 0.879. The van der Waals surface area contributed by atoms with Crippen molar-refractivity contribution in [3.63, 3.8) is 0 Å². The topological polar surface area (TPSA) is 87.8 Å². The van der Waals surface area contributed by atoms with Crippen LogP contribution in [0, 0.1) is 0 Å². The summed E-state index contributed by atoms with van der Waals surface area (Å²) in [6.45, 7) is 5.00. The van der Waals surface area contributed by atoms with Crippen LogP contribution in [0.25, 0.3) is 0 Å². The number of morpholine rings is 1. The first-order chi connectivity index (χ1) is 9.66. The summed E-state index contributed by atoms with van der Waals surface area (Å²) in [5, 5.41) is 12.2. The van der Waals surface area contributed by atoms with Gasteiger partial charge in [0.15, 0.2) is 0 Å². The van der Waals surface area contributed by atoms with Crippen molar-refractivity contribution in [3.8, 4) is 5.75 Å². The van der Waals surface area contributed by atoms with Gasteiger partial charge in [-0.15, -0.1) is 0 Å². The van der Waals surface area contributed by atoms with Gasteiger partial charge in [-0.3, -0.25) is 9.69 Å². The average Bonchev–Trinajstić information content (AvgIpc) is 2.47. The lowest BCUT2D eigenvalue weighted by Gasteiger charge is -2.26. The molecule has 1 fully saturated rings. The lowest BCUT2D eigenvalue weighted by Crippen LogP contribution is -2.38. The van der Waals surface area contributed by atoms with E-state index < -0.39 is 0 Å². The molecule has 1 aliphatic heterocycles. The fraction of sp³-hybridized carbons (Fsp3) is 0.500. The monoisotopic (exact) mass is 279 g/mol. The second kappa shape index (κ2) is 7.12. The molecule has 1 aromatic carbocycles. The molecule has 0 bridgehead atoms. The number of phenols is 1. The quantitative estimate of drug-likeness (QED) is 0.413. The Balaban J connectivity index is 1.73. The van der Waals surface area contributed by atoms with Gasteiger partial charge in [0, 0.05) is 25.3 Å². The molecule has 6 nitrogen and oxygen atoms in total. The Morgan fingerprint density at radius 2 is 2.15 bits per heavy atom. The zero-order valence-corrected chi connectivity index (χ0v) is 11.5. The Labute approximate surface area is 118 Å². The highest BCUT2D eigenvalue weighted by Crippen LogP contribution is 2.18. The molecular weight excluding hydrogens is 258 g/mol. The minimum absolute atomic E-state index is 0.0395. The molecule has 1 saturated heterocycles. The number of amides is 1. The second-order valence-corrected chi connectivity index (χ2v) is 4.84. The molecule has 4 N–H and O–H groups in total. The van der Waals surface area contributed by atoms with Gasteiger partial charge in [-0.1, -0.05) is 0 Å². The Morgan fingerprint density at radius 1 is 1.40 bits per heavy atom. The molecule has 1 aromatic rings. The lowest BCUT2D eigenvalue weighted by molar-refractivity contribution is 0.0374. The summed E-state index contributed by atoms with van der Waals surface area (Å²) in [6, 6.07) is 4.37. The predicted molar refractivity (Wildman–Crippen MR) is 76.7 cm³/mol. The maximum absolute atomic E-state index is 11.9. The third-order valence-corrected chi connectivity index (χ3v) is 3.32. The van der Waals surface area contributed by atoms with Gasteiger partial charge in [0.1, 0.15) is 5.75 Å². The number of nitrogens with zero attached hydrogens (tertiary/aromatic N) is 1. The number of carbonyl (C=O) groups excluding carboxylic acids is 1. The number of rotatable bonds is 5. The van der Waals surface area contributed by atoms with E-state index in [1.807, 2.05) is 0 Å². The fourth-order valence-corrected chi connectivity index (χ4v) is 2.17. The molecular formula is C14H21N3O3. The van der Waals surface area contributed by atoms with Crippen LogP contribution in [0.15, 0.2) is 18.2 Å². The summed E-state index contributed by atoms with van der Waals surface area (Å²) < 4.78 is 5.28. The van der Waals surface area contributed by atoms with Crippen LogP contribution in [-0.4, -0.2) is 55.3 Å². The van der Waals surface area contributed by atoms with E-state index in [0.717, 1.165) is 39.3 Å². The summed E-state index contributed by atoms with van der Waals surface area (Å²) in [5.41, 5.74) is 6.40. The number of carbonyl (C=O) groups is 1. The number of anilines is 1. The fourth-order valence-electron chi connectivity index (χ4n) is 2.17. The number of benzene rings is 1. The van der Waals surface area contributed by atoms with Gasteiger partial charge < -0.3 is 20.9 Å². The molecule has 0 unspecified atom stereocenters. The van der Waals surface area contributed by atoms with E-state index in [1.54, 1.807) is 0 Å². The van der Waals surface area contributed by atoms with Crippen LogP contribution in [0.1, 0.15) is 16.8 Å². The third kappa shape index (κ3) is 4.11. The van der Waals surface area contributed by atoms with Crippen LogP contribution in [0.3, 0.4) is 0 Å². The van der Waals surface area contributed by atoms with E-state index >= 15 is 0 Å². The first-order valence-corrected chi connectivity index (χ1v) is 6.83. The Bertz CT molecular complexity index is 459. The smallest absolute Gasteiger partial charge is 0.253 e. The highest BCUT2D eigenvalue weighted by molar-refractivity contribution is 5.99. The van der Waals surface area contributed by atoms with Crippen molar-refractivity contribution < 1.29 is 14.6 Å². The Hall–Kier alpha value is -1.79. The Morgan fingerprint density at radius 3 is 2.90 bits per heavy atom. The van der Waals surface area contributed by atoms with E-state index in [-0.39, 0.29) is 11.7 Å². The van der Waals surface area contributed by atoms with Gasteiger partial charge in [0.2, 0.25) is 0 Å². The van der Waals surface area contributed by atoms with Gasteiger partial charge in [-0.05, 0) is 31.2 Å². The molecule has 110 valence electrons. The number of nitrogens with two attached hydrogens (primary N) is 1. The second-order valence-electron chi connectivity index (χ2n) is 4.84. The first kappa shape index (κ1) is 14.6. The molecule has 0 saturated carbocycles. The van der Waals surface area contributed by atoms with E-state index in [9.17, 15) is 9.90 Å². The molecule has 1 heterocycles. The zero-order chi connectivity index (χ0) is 14.4. The van der Waals surface area contributed by atoms with Crippen molar-refractivity contribution in [3.05, 3.63) is 23.8 Å². The standard InChI is InChI=1S/C14H21N3O3/c15-13-3-2-11(18)10-12(13)14(19)16-4-1-5-17-6-8-20-9-7-17/h2-3,10,18H,1,4-9,15H2,(H,16,19). The summed E-state index contributed by atoms with van der Waals surface area (Å²) in [7, 11) is 0. The molecule has 1 aliphatic rings. The maximum atomic E-state index is 11.9. The van der Waals surface area contributed by atoms with Gasteiger partial charge in [0.25, 0.3) is 5.91 Å². The van der Waals surface area contributed by atoms with Gasteiger partial charge >= 0.3 is 0 Å². The number of phenolic OH excluding ortho intramolecular Hbond substituents is 1. The minimum atomic E-state index is -0.250. The Kier molecular flexibility index (Phi) is 5.20. The molecule has 0 spiro atoms. The summed E-state index contributed by atoms with van der Waals surface area (Å²) in [4.78, 5) is 14.3. The van der Waals surface area contributed by atoms with Gasteiger partial charge in [-0.25, -0.2) is 0 Å². The van der Waals surface area contributed by atoms with Crippen molar-refractivity contribution in [2.75, 3.05) is 45.1 Å². The van der Waals surface area contributed by atoms with Crippen LogP contribution >= 0.6 is 0 Å². The van der Waals surface area contributed by atoms with Gasteiger partial charge in [0.05, 0.1) is 18.8 Å². The maximum Gasteiger partial charge on any atom is 0.253 e. The van der Waals surface area contributed by atoms with E-state index in [2.05, 4.69) is 10.2 Å². The van der Waals surface area contributed by atoms with Crippen LogP contribution in [0.5, 0.6) is 5.75 Å². The molecule has 0 aliphatic carbocycles. The van der Waals surface area contributed by atoms with E-state index in [0.29, 0.717) is 17.8 Å². The van der Waals surface area contributed by atoms with E-state index in [4.69, 9.17) is 10.5 Å². The van der Waals surface area contributed by atoms with Crippen LogP contribution in [-0.2, 0) is 4.74 Å². The molecule has 0 atom stereocenters. The average molecular weight is 279 g/mol. The molecule has 1 amide bonds. The first-order valence-electron chi connectivity index (χ1n) is 6.83. The van der Waals surface area contributed by atoms with Crippen LogP contribution in [0.4, 0.5) is 5.69 Å². The lowest BCUT2D eigenvalue weighted by atomic mass is 10.1. The third-order valence-electron chi connectivity index (χ3n) is 3.32. The minimum Gasteiger partial charge on any atom is -0.508 e. The van der Waals surface area contributed by atoms with Crippen molar-refractivity contribution in [1.82, 2.24) is 10.2 Å². The molecule has 20 heavy (non-hydrogen) atoms.